The highest BCUT2D eigenvalue weighted by molar-refractivity contribution is 6.07. The van der Waals surface area contributed by atoms with Gasteiger partial charge in [-0.15, -0.1) is 0 Å². The van der Waals surface area contributed by atoms with Gasteiger partial charge in [0.25, 0.3) is 11.8 Å². The van der Waals surface area contributed by atoms with Crippen LogP contribution in [0.2, 0.25) is 0 Å². The maximum atomic E-state index is 13.2. The second kappa shape index (κ2) is 3.31. The zero-order valence-electron chi connectivity index (χ0n) is 10.2. The lowest BCUT2D eigenvalue weighted by molar-refractivity contribution is -0.132. The van der Waals surface area contributed by atoms with E-state index in [4.69, 9.17) is 0 Å². The molecule has 1 saturated heterocycles. The van der Waals surface area contributed by atoms with Crippen molar-refractivity contribution in [1.29, 1.82) is 0 Å². The van der Waals surface area contributed by atoms with Crippen LogP contribution in [0.15, 0.2) is 18.2 Å². The van der Waals surface area contributed by atoms with Crippen LogP contribution in [-0.2, 0) is 10.3 Å². The molecular formula is C13H13FN2O2. The number of rotatable bonds is 0. The predicted octanol–water partition coefficient (Wildman–Crippen LogP) is 1.01. The minimum Gasteiger partial charge on any atom is -0.341 e. The molecule has 1 fully saturated rings. The summed E-state index contributed by atoms with van der Waals surface area (Å²) in [5, 5.41) is 2.74. The number of halogens is 1. The fraction of sp³-hybridized carbons (Fsp3) is 0.385. The van der Waals surface area contributed by atoms with E-state index in [9.17, 15) is 14.0 Å². The van der Waals surface area contributed by atoms with Crippen LogP contribution in [0.25, 0.3) is 0 Å². The zero-order chi connectivity index (χ0) is 13.1. The summed E-state index contributed by atoms with van der Waals surface area (Å²) in [4.78, 5) is 25.9. The summed E-state index contributed by atoms with van der Waals surface area (Å²) < 4.78 is 13.2. The average molecular weight is 248 g/mol. The molecule has 0 bridgehead atoms. The topological polar surface area (TPSA) is 49.4 Å². The summed E-state index contributed by atoms with van der Waals surface area (Å²) >= 11 is 0. The molecule has 1 N–H and O–H groups in total. The summed E-state index contributed by atoms with van der Waals surface area (Å²) in [5.41, 5.74) is -0.130. The molecule has 5 heteroatoms. The summed E-state index contributed by atoms with van der Waals surface area (Å²) in [6, 6.07) is 4.06. The third-order valence-electron chi connectivity index (χ3n) is 3.96. The molecule has 2 aliphatic heterocycles. The van der Waals surface area contributed by atoms with Gasteiger partial charge in [-0.1, -0.05) is 6.07 Å². The highest BCUT2D eigenvalue weighted by atomic mass is 19.1. The predicted molar refractivity (Wildman–Crippen MR) is 62.4 cm³/mol. The molecule has 0 saturated carbocycles. The van der Waals surface area contributed by atoms with Crippen molar-refractivity contribution in [3.8, 4) is 0 Å². The molecule has 3 rings (SSSR count). The standard InChI is InChI=1S/C13H13FN2O2/c1-7-6-13(12(18)16(7)2)10-4-3-8(14)5-9(10)11(17)15-13/h3-5,7H,6H2,1-2H3,(H,15,17)/t7-,13-/m1/s1. The van der Waals surface area contributed by atoms with Crippen molar-refractivity contribution >= 4 is 11.8 Å². The molecule has 2 amide bonds. The lowest BCUT2D eigenvalue weighted by atomic mass is 9.87. The Labute approximate surface area is 104 Å². The van der Waals surface area contributed by atoms with E-state index in [-0.39, 0.29) is 23.4 Å². The Morgan fingerprint density at radius 1 is 1.44 bits per heavy atom. The molecule has 1 aromatic rings. The Kier molecular flexibility index (Phi) is 2.06. The minimum atomic E-state index is -0.992. The number of fused-ring (bicyclic) bond motifs is 2. The maximum Gasteiger partial charge on any atom is 0.253 e. The smallest absolute Gasteiger partial charge is 0.253 e. The fourth-order valence-corrected chi connectivity index (χ4v) is 2.90. The monoisotopic (exact) mass is 248 g/mol. The first-order valence-corrected chi connectivity index (χ1v) is 5.85. The third kappa shape index (κ3) is 1.19. The lowest BCUT2D eigenvalue weighted by Gasteiger charge is -2.22. The SMILES string of the molecule is C[C@@H]1C[C@]2(NC(=O)c3cc(F)ccc32)C(=O)N1C. The third-order valence-corrected chi connectivity index (χ3v) is 3.96. The molecule has 2 heterocycles. The molecule has 0 unspecified atom stereocenters. The van der Waals surface area contributed by atoms with E-state index < -0.39 is 11.4 Å². The minimum absolute atomic E-state index is 0.0498. The average Bonchev–Trinajstić information content (AvgIpc) is 2.71. The molecule has 4 nitrogen and oxygen atoms in total. The van der Waals surface area contributed by atoms with E-state index in [0.717, 1.165) is 0 Å². The van der Waals surface area contributed by atoms with E-state index in [1.807, 2.05) is 6.92 Å². The van der Waals surface area contributed by atoms with Crippen LogP contribution in [0.3, 0.4) is 0 Å². The lowest BCUT2D eigenvalue weighted by Crippen LogP contribution is -2.45. The van der Waals surface area contributed by atoms with Gasteiger partial charge >= 0.3 is 0 Å². The largest absolute Gasteiger partial charge is 0.341 e. The number of hydrogen-bond acceptors (Lipinski definition) is 2. The van der Waals surface area contributed by atoms with Crippen LogP contribution in [0.4, 0.5) is 4.39 Å². The van der Waals surface area contributed by atoms with Gasteiger partial charge in [0.15, 0.2) is 0 Å². The number of nitrogens with one attached hydrogen (secondary N) is 1. The van der Waals surface area contributed by atoms with E-state index in [2.05, 4.69) is 5.32 Å². The van der Waals surface area contributed by atoms with E-state index in [0.29, 0.717) is 12.0 Å². The first-order chi connectivity index (χ1) is 8.45. The molecule has 0 radical (unpaired) electrons. The highest BCUT2D eigenvalue weighted by Crippen LogP contribution is 2.41. The Hall–Kier alpha value is -1.91. The summed E-state index contributed by atoms with van der Waals surface area (Å²) in [7, 11) is 1.72. The van der Waals surface area contributed by atoms with Gasteiger partial charge in [0.2, 0.25) is 0 Å². The number of benzene rings is 1. The van der Waals surface area contributed by atoms with Crippen LogP contribution in [0.1, 0.15) is 29.3 Å². The molecule has 1 spiro atoms. The number of likely N-dealkylation sites (N-methyl/N-ethyl adjacent to an activating group) is 1. The second-order valence-corrected chi connectivity index (χ2v) is 5.02. The van der Waals surface area contributed by atoms with Gasteiger partial charge in [-0.3, -0.25) is 9.59 Å². The van der Waals surface area contributed by atoms with E-state index >= 15 is 0 Å². The highest BCUT2D eigenvalue weighted by Gasteiger charge is 2.55. The van der Waals surface area contributed by atoms with Gasteiger partial charge in [-0.05, 0) is 24.6 Å². The molecule has 0 aromatic heterocycles. The zero-order valence-corrected chi connectivity index (χ0v) is 10.2. The van der Waals surface area contributed by atoms with Crippen molar-refractivity contribution in [2.75, 3.05) is 7.05 Å². The number of likely N-dealkylation sites (tertiary alicyclic amines) is 1. The van der Waals surface area contributed by atoms with Gasteiger partial charge in [-0.2, -0.15) is 0 Å². The van der Waals surface area contributed by atoms with Gasteiger partial charge in [0, 0.05) is 25.1 Å². The van der Waals surface area contributed by atoms with Crippen LogP contribution in [0.5, 0.6) is 0 Å². The van der Waals surface area contributed by atoms with E-state index in [1.165, 1.54) is 18.2 Å². The van der Waals surface area contributed by atoms with Crippen LogP contribution in [0, 0.1) is 5.82 Å². The summed E-state index contributed by atoms with van der Waals surface area (Å²) in [6.45, 7) is 1.93. The quantitative estimate of drug-likeness (QED) is 0.745. The van der Waals surface area contributed by atoms with E-state index in [1.54, 1.807) is 11.9 Å². The Morgan fingerprint density at radius 3 is 2.78 bits per heavy atom. The summed E-state index contributed by atoms with van der Waals surface area (Å²) in [5.74, 6) is -0.971. The summed E-state index contributed by atoms with van der Waals surface area (Å²) in [6.07, 6.45) is 0.521. The van der Waals surface area contributed by atoms with Crippen molar-refractivity contribution in [3.63, 3.8) is 0 Å². The molecule has 0 aliphatic carbocycles. The normalized spacial score (nSPS) is 29.9. The van der Waals surface area contributed by atoms with Crippen molar-refractivity contribution in [3.05, 3.63) is 35.1 Å². The maximum absolute atomic E-state index is 13.2. The van der Waals surface area contributed by atoms with Crippen molar-refractivity contribution < 1.29 is 14.0 Å². The Balaban J connectivity index is 2.19. The molecule has 94 valence electrons. The fourth-order valence-electron chi connectivity index (χ4n) is 2.90. The number of carbonyl (C=O) groups is 2. The van der Waals surface area contributed by atoms with Gasteiger partial charge < -0.3 is 10.2 Å². The molecule has 2 aliphatic rings. The number of carbonyl (C=O) groups excluding carboxylic acids is 2. The number of hydrogen-bond donors (Lipinski definition) is 1. The molecule has 2 atom stereocenters. The van der Waals surface area contributed by atoms with Crippen molar-refractivity contribution in [1.82, 2.24) is 10.2 Å². The Bertz CT molecular complexity index is 572. The van der Waals surface area contributed by atoms with Crippen molar-refractivity contribution in [2.45, 2.75) is 24.9 Å². The Morgan fingerprint density at radius 2 is 2.17 bits per heavy atom. The van der Waals surface area contributed by atoms with Crippen LogP contribution in [-0.4, -0.2) is 29.8 Å². The van der Waals surface area contributed by atoms with Gasteiger partial charge in [0.1, 0.15) is 11.4 Å². The number of nitrogens with zero attached hydrogens (tertiary/aromatic N) is 1. The van der Waals surface area contributed by atoms with Gasteiger partial charge in [-0.25, -0.2) is 4.39 Å². The molecular weight excluding hydrogens is 235 g/mol. The molecule has 18 heavy (non-hydrogen) atoms. The second-order valence-electron chi connectivity index (χ2n) is 5.02. The van der Waals surface area contributed by atoms with Crippen molar-refractivity contribution in [2.24, 2.45) is 0 Å². The first-order valence-electron chi connectivity index (χ1n) is 5.85. The number of amides is 2. The van der Waals surface area contributed by atoms with Crippen LogP contribution >= 0.6 is 0 Å². The van der Waals surface area contributed by atoms with Crippen LogP contribution < -0.4 is 5.32 Å². The molecule has 1 aromatic carbocycles. The van der Waals surface area contributed by atoms with Gasteiger partial charge in [0.05, 0.1) is 0 Å². The first kappa shape index (κ1) is 11.2.